The first-order chi connectivity index (χ1) is 8.52. The van der Waals surface area contributed by atoms with Crippen LogP contribution in [0.1, 0.15) is 26.0 Å². The van der Waals surface area contributed by atoms with Crippen LogP contribution in [0, 0.1) is 12.8 Å². The van der Waals surface area contributed by atoms with Gasteiger partial charge in [-0.15, -0.1) is 0 Å². The summed E-state index contributed by atoms with van der Waals surface area (Å²) in [5.41, 5.74) is 2.40. The van der Waals surface area contributed by atoms with Crippen molar-refractivity contribution in [1.82, 2.24) is 14.5 Å². The van der Waals surface area contributed by atoms with Gasteiger partial charge in [-0.05, 0) is 31.6 Å². The Morgan fingerprint density at radius 1 is 1.50 bits per heavy atom. The lowest BCUT2D eigenvalue weighted by atomic mass is 10.1. The Kier molecular flexibility index (Phi) is 3.80. The molecule has 18 heavy (non-hydrogen) atoms. The molecule has 0 aromatic carbocycles. The number of nitrogens with zero attached hydrogens (tertiary/aromatic N) is 2. The molecular formula is C13H19N3OS. The molecule has 0 aliphatic heterocycles. The summed E-state index contributed by atoms with van der Waals surface area (Å²) in [7, 11) is 0. The van der Waals surface area contributed by atoms with Crippen LogP contribution in [0.3, 0.4) is 0 Å². The maximum absolute atomic E-state index is 12.4. The number of thioether (sulfide) groups is 1. The highest BCUT2D eigenvalue weighted by Crippen LogP contribution is 2.16. The fourth-order valence-electron chi connectivity index (χ4n) is 1.95. The van der Waals surface area contributed by atoms with Crippen molar-refractivity contribution in [2.24, 2.45) is 5.92 Å². The SMILES string of the molecule is CSc1nc2cc(C)[nH]c2c(=O)n1CCC(C)C. The van der Waals surface area contributed by atoms with Crippen molar-refractivity contribution in [2.75, 3.05) is 6.26 Å². The summed E-state index contributed by atoms with van der Waals surface area (Å²) in [6, 6.07) is 1.92. The summed E-state index contributed by atoms with van der Waals surface area (Å²) < 4.78 is 1.78. The number of hydrogen-bond acceptors (Lipinski definition) is 3. The monoisotopic (exact) mass is 265 g/mol. The first-order valence-corrected chi connectivity index (χ1v) is 7.39. The van der Waals surface area contributed by atoms with Gasteiger partial charge in [-0.1, -0.05) is 25.6 Å². The lowest BCUT2D eigenvalue weighted by Crippen LogP contribution is -2.24. The van der Waals surface area contributed by atoms with E-state index in [1.165, 1.54) is 11.8 Å². The molecule has 98 valence electrons. The van der Waals surface area contributed by atoms with Crippen LogP contribution in [-0.2, 0) is 6.54 Å². The molecule has 0 unspecified atom stereocenters. The first kappa shape index (κ1) is 13.2. The second kappa shape index (κ2) is 5.18. The van der Waals surface area contributed by atoms with Crippen molar-refractivity contribution in [1.29, 1.82) is 0 Å². The average Bonchev–Trinajstić information content (AvgIpc) is 2.68. The Hall–Kier alpha value is -1.23. The van der Waals surface area contributed by atoms with Gasteiger partial charge in [-0.25, -0.2) is 4.98 Å². The number of aryl methyl sites for hydroxylation is 1. The number of aromatic nitrogens is 3. The van der Waals surface area contributed by atoms with Gasteiger partial charge in [0.05, 0.1) is 5.52 Å². The molecule has 5 heteroatoms. The zero-order valence-electron chi connectivity index (χ0n) is 11.3. The smallest absolute Gasteiger partial charge is 0.278 e. The van der Waals surface area contributed by atoms with Crippen LogP contribution in [0.25, 0.3) is 11.0 Å². The van der Waals surface area contributed by atoms with Gasteiger partial charge in [0.1, 0.15) is 5.52 Å². The van der Waals surface area contributed by atoms with Gasteiger partial charge in [-0.3, -0.25) is 9.36 Å². The number of nitrogens with one attached hydrogen (secondary N) is 1. The van der Waals surface area contributed by atoms with Gasteiger partial charge >= 0.3 is 0 Å². The van der Waals surface area contributed by atoms with E-state index in [1.807, 2.05) is 19.2 Å². The Morgan fingerprint density at radius 3 is 2.83 bits per heavy atom. The molecule has 2 rings (SSSR count). The fourth-order valence-corrected chi connectivity index (χ4v) is 2.54. The highest BCUT2D eigenvalue weighted by Gasteiger charge is 2.12. The number of fused-ring (bicyclic) bond motifs is 1. The van der Waals surface area contributed by atoms with Gasteiger partial charge in [-0.2, -0.15) is 0 Å². The van der Waals surface area contributed by atoms with Crippen molar-refractivity contribution < 1.29 is 0 Å². The summed E-state index contributed by atoms with van der Waals surface area (Å²) in [6.07, 6.45) is 2.94. The van der Waals surface area contributed by atoms with Gasteiger partial charge < -0.3 is 4.98 Å². The average molecular weight is 265 g/mol. The molecule has 1 N–H and O–H groups in total. The molecule has 0 radical (unpaired) electrons. The van der Waals surface area contributed by atoms with Crippen LogP contribution >= 0.6 is 11.8 Å². The van der Waals surface area contributed by atoms with Gasteiger partial charge in [0.25, 0.3) is 5.56 Å². The second-order valence-corrected chi connectivity index (χ2v) is 5.72. The van der Waals surface area contributed by atoms with E-state index in [0.29, 0.717) is 11.4 Å². The lowest BCUT2D eigenvalue weighted by Gasteiger charge is -2.11. The molecular weight excluding hydrogens is 246 g/mol. The zero-order valence-corrected chi connectivity index (χ0v) is 12.1. The quantitative estimate of drug-likeness (QED) is 0.683. The second-order valence-electron chi connectivity index (χ2n) is 4.95. The largest absolute Gasteiger partial charge is 0.353 e. The summed E-state index contributed by atoms with van der Waals surface area (Å²) in [4.78, 5) is 20.1. The summed E-state index contributed by atoms with van der Waals surface area (Å²) in [5, 5.41) is 0.798. The molecule has 2 aromatic rings. The van der Waals surface area contributed by atoms with Crippen molar-refractivity contribution in [3.8, 4) is 0 Å². The van der Waals surface area contributed by atoms with Crippen molar-refractivity contribution in [3.63, 3.8) is 0 Å². The van der Waals surface area contributed by atoms with E-state index in [4.69, 9.17) is 0 Å². The Balaban J connectivity index is 2.55. The van der Waals surface area contributed by atoms with Gasteiger partial charge in [0.15, 0.2) is 5.16 Å². The van der Waals surface area contributed by atoms with E-state index in [-0.39, 0.29) is 5.56 Å². The van der Waals surface area contributed by atoms with E-state index in [9.17, 15) is 4.79 Å². The van der Waals surface area contributed by atoms with Crippen molar-refractivity contribution >= 4 is 22.8 Å². The molecule has 0 bridgehead atoms. The van der Waals surface area contributed by atoms with Crippen LogP contribution < -0.4 is 5.56 Å². The normalized spacial score (nSPS) is 11.6. The number of rotatable bonds is 4. The lowest BCUT2D eigenvalue weighted by molar-refractivity contribution is 0.481. The molecule has 0 aliphatic carbocycles. The molecule has 0 saturated carbocycles. The third kappa shape index (κ3) is 2.46. The van der Waals surface area contributed by atoms with Crippen LogP contribution in [-0.4, -0.2) is 20.8 Å². The van der Waals surface area contributed by atoms with Crippen molar-refractivity contribution in [2.45, 2.75) is 38.9 Å². The van der Waals surface area contributed by atoms with Gasteiger partial charge in [0, 0.05) is 12.2 Å². The molecule has 0 aliphatic rings. The number of H-pyrrole nitrogens is 1. The van der Waals surface area contributed by atoms with Crippen LogP contribution in [0.4, 0.5) is 0 Å². The molecule has 2 aromatic heterocycles. The van der Waals surface area contributed by atoms with E-state index in [0.717, 1.165) is 29.3 Å². The van der Waals surface area contributed by atoms with Gasteiger partial charge in [0.2, 0.25) is 0 Å². The zero-order chi connectivity index (χ0) is 13.3. The van der Waals surface area contributed by atoms with E-state index < -0.39 is 0 Å². The Morgan fingerprint density at radius 2 is 2.22 bits per heavy atom. The van der Waals surface area contributed by atoms with Crippen LogP contribution in [0.15, 0.2) is 16.0 Å². The minimum Gasteiger partial charge on any atom is -0.353 e. The summed E-state index contributed by atoms with van der Waals surface area (Å²) in [6.45, 7) is 7.00. The maximum atomic E-state index is 12.4. The predicted octanol–water partition coefficient (Wildman–Crippen LogP) is 2.80. The highest BCUT2D eigenvalue weighted by molar-refractivity contribution is 7.98. The standard InChI is InChI=1S/C13H19N3OS/c1-8(2)5-6-16-12(17)11-10(7-9(3)14-11)15-13(16)18-4/h7-8,14H,5-6H2,1-4H3. The molecule has 0 saturated heterocycles. The van der Waals surface area contributed by atoms with Crippen LogP contribution in [0.5, 0.6) is 0 Å². The topological polar surface area (TPSA) is 50.7 Å². The van der Waals surface area contributed by atoms with E-state index >= 15 is 0 Å². The van der Waals surface area contributed by atoms with Crippen LogP contribution in [0.2, 0.25) is 0 Å². The third-order valence-corrected chi connectivity index (χ3v) is 3.63. The van der Waals surface area contributed by atoms with Crippen molar-refractivity contribution in [3.05, 3.63) is 22.1 Å². The number of hydrogen-bond donors (Lipinski definition) is 1. The minimum atomic E-state index is 0.0399. The molecule has 0 amide bonds. The Bertz CT molecular complexity index is 612. The first-order valence-electron chi connectivity index (χ1n) is 6.17. The molecule has 0 spiro atoms. The fraction of sp³-hybridized carbons (Fsp3) is 0.538. The Labute approximate surface area is 111 Å². The predicted molar refractivity (Wildman–Crippen MR) is 76.3 cm³/mol. The van der Waals surface area contributed by atoms with E-state index in [1.54, 1.807) is 4.57 Å². The molecule has 4 nitrogen and oxygen atoms in total. The summed E-state index contributed by atoms with van der Waals surface area (Å²) in [5.74, 6) is 0.577. The van der Waals surface area contributed by atoms with E-state index in [2.05, 4.69) is 23.8 Å². The maximum Gasteiger partial charge on any atom is 0.278 e. The third-order valence-electron chi connectivity index (χ3n) is 2.95. The number of aromatic amines is 1. The highest BCUT2D eigenvalue weighted by atomic mass is 32.2. The summed E-state index contributed by atoms with van der Waals surface area (Å²) >= 11 is 1.52. The molecule has 0 fully saturated rings. The molecule has 0 atom stereocenters. The minimum absolute atomic E-state index is 0.0399. The molecule has 2 heterocycles.